The molecule has 0 radical (unpaired) electrons. The minimum Gasteiger partial charge on any atom is -0.306 e. The van der Waals surface area contributed by atoms with Crippen molar-refractivity contribution >= 4 is 22.9 Å². The molecule has 4 aromatic rings. The lowest BCUT2D eigenvalue weighted by Crippen LogP contribution is -2.35. The molecule has 156 valence electrons. The van der Waals surface area contributed by atoms with Crippen molar-refractivity contribution in [2.24, 2.45) is 0 Å². The van der Waals surface area contributed by atoms with E-state index in [-0.39, 0.29) is 11.4 Å². The van der Waals surface area contributed by atoms with Crippen molar-refractivity contribution in [1.82, 2.24) is 14.9 Å². The Labute approximate surface area is 188 Å². The molecule has 0 spiro atoms. The zero-order valence-electron chi connectivity index (χ0n) is 16.6. The fourth-order valence-electron chi connectivity index (χ4n) is 3.85. The topological polar surface area (TPSA) is 49.0 Å². The summed E-state index contributed by atoms with van der Waals surface area (Å²) in [7, 11) is 0. The molecule has 2 aromatic heterocycles. The van der Waals surface area contributed by atoms with Gasteiger partial charge in [-0.05, 0) is 42.5 Å². The molecule has 2 aromatic carbocycles. The molecular weight excluding hydrogens is 433 g/mol. The number of H-pyrrole nitrogens is 1. The van der Waals surface area contributed by atoms with E-state index in [2.05, 4.69) is 9.88 Å². The van der Waals surface area contributed by atoms with Gasteiger partial charge in [-0.3, -0.25) is 9.69 Å². The number of halogens is 2. The van der Waals surface area contributed by atoms with E-state index in [1.165, 1.54) is 6.07 Å². The second-order valence-corrected chi connectivity index (χ2v) is 9.16. The highest BCUT2D eigenvalue weighted by Gasteiger charge is 2.22. The van der Waals surface area contributed by atoms with Crippen molar-refractivity contribution in [3.05, 3.63) is 98.0 Å². The Kier molecular flexibility index (Phi) is 5.44. The van der Waals surface area contributed by atoms with Crippen LogP contribution in [0.25, 0.3) is 21.8 Å². The molecule has 4 nitrogen and oxygen atoms in total. The predicted octanol–water partition coefficient (Wildman–Crippen LogP) is 5.52. The van der Waals surface area contributed by atoms with Crippen molar-refractivity contribution in [3.8, 4) is 21.8 Å². The van der Waals surface area contributed by atoms with Gasteiger partial charge in [0.2, 0.25) is 0 Å². The molecule has 1 aliphatic heterocycles. The van der Waals surface area contributed by atoms with Crippen molar-refractivity contribution in [2.45, 2.75) is 19.5 Å². The summed E-state index contributed by atoms with van der Waals surface area (Å²) in [6.45, 7) is 2.08. The number of fused-ring (bicyclic) bond motifs is 1. The quantitative estimate of drug-likeness (QED) is 0.444. The summed E-state index contributed by atoms with van der Waals surface area (Å²) in [5.74, 6) is 0.360. The van der Waals surface area contributed by atoms with Crippen molar-refractivity contribution in [2.75, 3.05) is 6.54 Å². The van der Waals surface area contributed by atoms with Gasteiger partial charge in [0, 0.05) is 52.0 Å². The lowest BCUT2D eigenvalue weighted by Gasteiger charge is -2.27. The van der Waals surface area contributed by atoms with Crippen LogP contribution < -0.4 is 5.56 Å². The molecule has 0 atom stereocenters. The van der Waals surface area contributed by atoms with Crippen LogP contribution >= 0.6 is 22.9 Å². The Balaban J connectivity index is 1.34. The first-order chi connectivity index (χ1) is 15.1. The Morgan fingerprint density at radius 3 is 2.71 bits per heavy atom. The van der Waals surface area contributed by atoms with E-state index < -0.39 is 0 Å². The minimum atomic E-state index is -0.211. The number of nitrogens with zero attached hydrogens (tertiary/aromatic N) is 2. The smallest absolute Gasteiger partial charge is 0.255 e. The van der Waals surface area contributed by atoms with Crippen LogP contribution in [0.5, 0.6) is 0 Å². The van der Waals surface area contributed by atoms with Gasteiger partial charge in [0.15, 0.2) is 0 Å². The average molecular weight is 452 g/mol. The highest BCUT2D eigenvalue weighted by Crippen LogP contribution is 2.31. The maximum absolute atomic E-state index is 14.1. The van der Waals surface area contributed by atoms with Crippen LogP contribution in [0, 0.1) is 5.82 Å². The van der Waals surface area contributed by atoms with Crippen molar-refractivity contribution in [3.63, 3.8) is 0 Å². The normalized spacial score (nSPS) is 13.9. The summed E-state index contributed by atoms with van der Waals surface area (Å²) in [6, 6.07) is 18.1. The zero-order valence-corrected chi connectivity index (χ0v) is 18.1. The van der Waals surface area contributed by atoms with E-state index in [1.807, 2.05) is 30.3 Å². The second-order valence-electron chi connectivity index (χ2n) is 7.55. The standard InChI is InChI=1S/C24H19ClFN3OS/c25-16-7-5-15(6-8-16)23-27-21-11-12-29(14-19(21)24(30)28-23)13-17-9-10-22(31-17)18-3-1-2-4-20(18)26/h1-10H,11-14H2,(H,27,28,30). The summed E-state index contributed by atoms with van der Waals surface area (Å²) in [4.78, 5) is 24.7. The zero-order chi connectivity index (χ0) is 21.4. The van der Waals surface area contributed by atoms with Crippen LogP contribution in [-0.4, -0.2) is 21.4 Å². The Bertz CT molecular complexity index is 1300. The number of benzene rings is 2. The molecule has 0 saturated heterocycles. The molecular formula is C24H19ClFN3OS. The van der Waals surface area contributed by atoms with Crippen LogP contribution in [0.4, 0.5) is 4.39 Å². The number of hydrogen-bond acceptors (Lipinski definition) is 4. The summed E-state index contributed by atoms with van der Waals surface area (Å²) in [5, 5.41) is 0.645. The number of nitrogens with one attached hydrogen (secondary N) is 1. The number of aromatic amines is 1. The first-order valence-electron chi connectivity index (χ1n) is 10.0. The summed E-state index contributed by atoms with van der Waals surface area (Å²) >= 11 is 7.54. The van der Waals surface area contributed by atoms with Gasteiger partial charge in [0.1, 0.15) is 11.6 Å². The Morgan fingerprint density at radius 1 is 1.10 bits per heavy atom. The maximum atomic E-state index is 14.1. The van der Waals surface area contributed by atoms with E-state index in [4.69, 9.17) is 16.6 Å². The van der Waals surface area contributed by atoms with E-state index in [9.17, 15) is 9.18 Å². The van der Waals surface area contributed by atoms with Gasteiger partial charge < -0.3 is 4.98 Å². The van der Waals surface area contributed by atoms with E-state index in [0.717, 1.165) is 39.7 Å². The number of thiophene rings is 1. The van der Waals surface area contributed by atoms with Gasteiger partial charge in [-0.1, -0.05) is 29.8 Å². The molecule has 0 aliphatic carbocycles. The number of aromatic nitrogens is 2. The van der Waals surface area contributed by atoms with Gasteiger partial charge in [0.05, 0.1) is 11.3 Å². The first kappa shape index (κ1) is 20.1. The highest BCUT2D eigenvalue weighted by molar-refractivity contribution is 7.15. The highest BCUT2D eigenvalue weighted by atomic mass is 35.5. The third-order valence-corrected chi connectivity index (χ3v) is 6.80. The third-order valence-electron chi connectivity index (χ3n) is 5.45. The maximum Gasteiger partial charge on any atom is 0.255 e. The van der Waals surface area contributed by atoms with Crippen LogP contribution in [0.15, 0.2) is 65.5 Å². The number of rotatable bonds is 4. The molecule has 5 rings (SSSR count). The molecule has 3 heterocycles. The van der Waals surface area contributed by atoms with Crippen molar-refractivity contribution in [1.29, 1.82) is 0 Å². The Hall–Kier alpha value is -2.80. The molecule has 0 fully saturated rings. The SMILES string of the molecule is O=c1[nH]c(-c2ccc(Cl)cc2)nc2c1CN(Cc1ccc(-c3ccccc3F)s1)CC2. The molecule has 0 bridgehead atoms. The van der Waals surface area contributed by atoms with Gasteiger partial charge in [-0.15, -0.1) is 11.3 Å². The Morgan fingerprint density at radius 2 is 1.90 bits per heavy atom. The largest absolute Gasteiger partial charge is 0.306 e. The first-order valence-corrected chi connectivity index (χ1v) is 11.2. The second kappa shape index (κ2) is 8.38. The lowest BCUT2D eigenvalue weighted by atomic mass is 10.1. The van der Waals surface area contributed by atoms with Gasteiger partial charge in [0.25, 0.3) is 5.56 Å². The fraction of sp³-hybridized carbons (Fsp3) is 0.167. The van der Waals surface area contributed by atoms with Crippen LogP contribution in [-0.2, 0) is 19.5 Å². The molecule has 1 N–H and O–H groups in total. The molecule has 0 amide bonds. The third kappa shape index (κ3) is 4.19. The van der Waals surface area contributed by atoms with E-state index in [0.29, 0.717) is 29.4 Å². The van der Waals surface area contributed by atoms with Crippen LogP contribution in [0.1, 0.15) is 16.1 Å². The minimum absolute atomic E-state index is 0.0992. The lowest BCUT2D eigenvalue weighted by molar-refractivity contribution is 0.244. The molecule has 0 saturated carbocycles. The van der Waals surface area contributed by atoms with Crippen LogP contribution in [0.3, 0.4) is 0 Å². The molecule has 1 aliphatic rings. The van der Waals surface area contributed by atoms with Gasteiger partial charge in [-0.2, -0.15) is 0 Å². The molecule has 7 heteroatoms. The number of hydrogen-bond donors (Lipinski definition) is 1. The van der Waals surface area contributed by atoms with Gasteiger partial charge >= 0.3 is 0 Å². The molecule has 0 unspecified atom stereocenters. The summed E-state index contributed by atoms with van der Waals surface area (Å²) in [6.07, 6.45) is 0.714. The van der Waals surface area contributed by atoms with Crippen LogP contribution in [0.2, 0.25) is 5.02 Å². The summed E-state index contributed by atoms with van der Waals surface area (Å²) < 4.78 is 14.1. The summed E-state index contributed by atoms with van der Waals surface area (Å²) in [5.41, 5.74) is 2.93. The van der Waals surface area contributed by atoms with Gasteiger partial charge in [-0.25, -0.2) is 9.37 Å². The fourth-order valence-corrected chi connectivity index (χ4v) is 5.05. The predicted molar refractivity (Wildman–Crippen MR) is 123 cm³/mol. The monoisotopic (exact) mass is 451 g/mol. The average Bonchev–Trinajstić information content (AvgIpc) is 3.23. The van der Waals surface area contributed by atoms with E-state index in [1.54, 1.807) is 35.6 Å². The molecule has 31 heavy (non-hydrogen) atoms. The van der Waals surface area contributed by atoms with E-state index >= 15 is 0 Å². The van der Waals surface area contributed by atoms with Crippen molar-refractivity contribution < 1.29 is 4.39 Å².